The number of rotatable bonds is 5. The van der Waals surface area contributed by atoms with Crippen LogP contribution in [0.3, 0.4) is 0 Å². The standard InChI is InChI=1S/C12H16N2O3S/c15-10(16)7-12(4-2-5-12)14-11(17)13-8-9-3-1-6-18-9/h1,3,6H,2,4-5,7-8H2,(H,15,16)(H2,13,14,17). The molecule has 1 aromatic heterocycles. The van der Waals surface area contributed by atoms with E-state index in [0.717, 1.165) is 24.1 Å². The number of carbonyl (C=O) groups is 2. The van der Waals surface area contributed by atoms with Gasteiger partial charge in [-0.2, -0.15) is 0 Å². The number of amides is 2. The summed E-state index contributed by atoms with van der Waals surface area (Å²) in [5.41, 5.74) is -0.536. The molecule has 18 heavy (non-hydrogen) atoms. The number of carboxylic acids is 1. The van der Waals surface area contributed by atoms with Gasteiger partial charge in [0.25, 0.3) is 0 Å². The topological polar surface area (TPSA) is 78.4 Å². The minimum absolute atomic E-state index is 0.000573. The maximum absolute atomic E-state index is 11.7. The molecule has 0 unspecified atom stereocenters. The molecule has 3 N–H and O–H groups in total. The van der Waals surface area contributed by atoms with Crippen LogP contribution in [-0.2, 0) is 11.3 Å². The first kappa shape index (κ1) is 12.9. The van der Waals surface area contributed by atoms with Gasteiger partial charge < -0.3 is 15.7 Å². The Morgan fingerprint density at radius 2 is 2.22 bits per heavy atom. The SMILES string of the molecule is O=C(O)CC1(NC(=O)NCc2cccs2)CCC1. The molecule has 0 aromatic carbocycles. The first-order chi connectivity index (χ1) is 8.60. The van der Waals surface area contributed by atoms with Gasteiger partial charge in [0, 0.05) is 4.88 Å². The Morgan fingerprint density at radius 1 is 1.44 bits per heavy atom. The van der Waals surface area contributed by atoms with E-state index in [1.165, 1.54) is 0 Å². The first-order valence-corrected chi connectivity index (χ1v) is 6.78. The lowest BCUT2D eigenvalue weighted by molar-refractivity contribution is -0.139. The molecule has 2 rings (SSSR count). The highest BCUT2D eigenvalue weighted by Crippen LogP contribution is 2.34. The van der Waals surface area contributed by atoms with Crippen LogP contribution in [0.25, 0.3) is 0 Å². The lowest BCUT2D eigenvalue weighted by Crippen LogP contribution is -2.57. The van der Waals surface area contributed by atoms with Gasteiger partial charge in [-0.05, 0) is 30.7 Å². The third-order valence-corrected chi connectivity index (χ3v) is 4.06. The van der Waals surface area contributed by atoms with Crippen LogP contribution in [0.1, 0.15) is 30.6 Å². The summed E-state index contributed by atoms with van der Waals surface area (Å²) in [4.78, 5) is 23.6. The first-order valence-electron chi connectivity index (χ1n) is 5.90. The molecule has 1 fully saturated rings. The number of hydrogen-bond donors (Lipinski definition) is 3. The van der Waals surface area contributed by atoms with Crippen molar-refractivity contribution in [2.24, 2.45) is 0 Å². The van der Waals surface area contributed by atoms with Crippen LogP contribution in [0.15, 0.2) is 17.5 Å². The third kappa shape index (κ3) is 3.22. The normalized spacial score (nSPS) is 16.7. The zero-order valence-corrected chi connectivity index (χ0v) is 10.8. The van der Waals surface area contributed by atoms with Crippen molar-refractivity contribution >= 4 is 23.3 Å². The average molecular weight is 268 g/mol. The zero-order valence-electron chi connectivity index (χ0n) is 9.94. The van der Waals surface area contributed by atoms with E-state index >= 15 is 0 Å². The van der Waals surface area contributed by atoms with E-state index in [2.05, 4.69) is 10.6 Å². The fourth-order valence-electron chi connectivity index (χ4n) is 2.10. The Morgan fingerprint density at radius 3 is 2.72 bits per heavy atom. The lowest BCUT2D eigenvalue weighted by Gasteiger charge is -2.41. The molecule has 6 heteroatoms. The van der Waals surface area contributed by atoms with Crippen molar-refractivity contribution in [1.29, 1.82) is 0 Å². The second-order valence-corrected chi connectivity index (χ2v) is 5.62. The van der Waals surface area contributed by atoms with Gasteiger partial charge in [0.15, 0.2) is 0 Å². The summed E-state index contributed by atoms with van der Waals surface area (Å²) in [6.07, 6.45) is 2.45. The van der Waals surface area contributed by atoms with E-state index in [-0.39, 0.29) is 12.5 Å². The monoisotopic (exact) mass is 268 g/mol. The second kappa shape index (κ2) is 5.39. The minimum Gasteiger partial charge on any atom is -0.481 e. The molecule has 1 aliphatic rings. The van der Waals surface area contributed by atoms with Crippen LogP contribution in [0.5, 0.6) is 0 Å². The van der Waals surface area contributed by atoms with Gasteiger partial charge in [-0.25, -0.2) is 4.79 Å². The van der Waals surface area contributed by atoms with Gasteiger partial charge in [-0.1, -0.05) is 6.07 Å². The lowest BCUT2D eigenvalue weighted by atomic mass is 9.74. The van der Waals surface area contributed by atoms with E-state index in [4.69, 9.17) is 5.11 Å². The van der Waals surface area contributed by atoms with Crippen LogP contribution < -0.4 is 10.6 Å². The van der Waals surface area contributed by atoms with Gasteiger partial charge in [-0.15, -0.1) is 11.3 Å². The number of carbonyl (C=O) groups excluding carboxylic acids is 1. The van der Waals surface area contributed by atoms with E-state index in [0.29, 0.717) is 6.54 Å². The molecular weight excluding hydrogens is 252 g/mol. The van der Waals surface area contributed by atoms with Crippen molar-refractivity contribution in [3.05, 3.63) is 22.4 Å². The molecule has 0 aliphatic heterocycles. The van der Waals surface area contributed by atoms with Crippen LogP contribution in [0, 0.1) is 0 Å². The maximum atomic E-state index is 11.7. The van der Waals surface area contributed by atoms with Crippen molar-refractivity contribution in [3.8, 4) is 0 Å². The highest BCUT2D eigenvalue weighted by atomic mass is 32.1. The van der Waals surface area contributed by atoms with E-state index in [1.807, 2.05) is 17.5 Å². The van der Waals surface area contributed by atoms with Crippen molar-refractivity contribution < 1.29 is 14.7 Å². The summed E-state index contributed by atoms with van der Waals surface area (Å²) in [6, 6.07) is 3.59. The number of carboxylic acid groups (broad SMARTS) is 1. The Bertz CT molecular complexity index is 427. The molecule has 5 nitrogen and oxygen atoms in total. The second-order valence-electron chi connectivity index (χ2n) is 4.59. The maximum Gasteiger partial charge on any atom is 0.315 e. The molecule has 0 saturated heterocycles. The fraction of sp³-hybridized carbons (Fsp3) is 0.500. The quantitative estimate of drug-likeness (QED) is 0.763. The van der Waals surface area contributed by atoms with Gasteiger partial charge in [0.2, 0.25) is 0 Å². The predicted molar refractivity (Wildman–Crippen MR) is 68.5 cm³/mol. The Labute approximate surface area is 109 Å². The molecule has 1 saturated carbocycles. The Balaban J connectivity index is 1.80. The summed E-state index contributed by atoms with van der Waals surface area (Å²) in [6.45, 7) is 0.479. The molecule has 0 spiro atoms. The average Bonchev–Trinajstić information content (AvgIpc) is 2.75. The van der Waals surface area contributed by atoms with Gasteiger partial charge >= 0.3 is 12.0 Å². The molecule has 1 heterocycles. The molecule has 98 valence electrons. The number of nitrogens with one attached hydrogen (secondary N) is 2. The number of thiophene rings is 1. The summed E-state index contributed by atoms with van der Waals surface area (Å²) in [5.74, 6) is -0.867. The summed E-state index contributed by atoms with van der Waals surface area (Å²) >= 11 is 1.58. The highest BCUT2D eigenvalue weighted by molar-refractivity contribution is 7.09. The molecule has 0 radical (unpaired) electrons. The van der Waals surface area contributed by atoms with Crippen LogP contribution in [0.4, 0.5) is 4.79 Å². The smallest absolute Gasteiger partial charge is 0.315 e. The fourth-order valence-corrected chi connectivity index (χ4v) is 2.75. The summed E-state index contributed by atoms with van der Waals surface area (Å²) in [7, 11) is 0. The van der Waals surface area contributed by atoms with Crippen LogP contribution >= 0.6 is 11.3 Å². The van der Waals surface area contributed by atoms with Crippen LogP contribution in [0.2, 0.25) is 0 Å². The number of hydrogen-bond acceptors (Lipinski definition) is 3. The van der Waals surface area contributed by atoms with Gasteiger partial charge in [0.1, 0.15) is 0 Å². The molecule has 1 aromatic rings. The van der Waals surface area contributed by atoms with Crippen molar-refractivity contribution in [2.75, 3.05) is 0 Å². The van der Waals surface area contributed by atoms with Crippen molar-refractivity contribution in [1.82, 2.24) is 10.6 Å². The minimum atomic E-state index is -0.867. The number of urea groups is 1. The van der Waals surface area contributed by atoms with Crippen molar-refractivity contribution in [3.63, 3.8) is 0 Å². The van der Waals surface area contributed by atoms with E-state index < -0.39 is 11.5 Å². The van der Waals surface area contributed by atoms with Crippen molar-refractivity contribution in [2.45, 2.75) is 37.8 Å². The van der Waals surface area contributed by atoms with Gasteiger partial charge in [-0.3, -0.25) is 4.79 Å². The largest absolute Gasteiger partial charge is 0.481 e. The highest BCUT2D eigenvalue weighted by Gasteiger charge is 2.40. The van der Waals surface area contributed by atoms with Gasteiger partial charge in [0.05, 0.1) is 18.5 Å². The molecule has 0 bridgehead atoms. The predicted octanol–water partition coefficient (Wildman–Crippen LogP) is 1.94. The summed E-state index contributed by atoms with van der Waals surface area (Å²) < 4.78 is 0. The molecular formula is C12H16N2O3S. The third-order valence-electron chi connectivity index (χ3n) is 3.18. The molecule has 0 atom stereocenters. The Hall–Kier alpha value is -1.56. The Kier molecular flexibility index (Phi) is 3.86. The molecule has 1 aliphatic carbocycles. The van der Waals surface area contributed by atoms with E-state index in [1.54, 1.807) is 11.3 Å². The summed E-state index contributed by atoms with van der Waals surface area (Å²) in [5, 5.41) is 16.3. The van der Waals surface area contributed by atoms with E-state index in [9.17, 15) is 9.59 Å². The zero-order chi connectivity index (χ0) is 13.0. The van der Waals surface area contributed by atoms with Crippen LogP contribution in [-0.4, -0.2) is 22.6 Å². The molecule has 2 amide bonds. The number of aliphatic carboxylic acids is 1.